The summed E-state index contributed by atoms with van der Waals surface area (Å²) in [5, 5.41) is 4.88. The summed E-state index contributed by atoms with van der Waals surface area (Å²) in [6.07, 6.45) is 1.93. The minimum absolute atomic E-state index is 0.155. The van der Waals surface area contributed by atoms with Crippen LogP contribution in [0.15, 0.2) is 27.2 Å². The Labute approximate surface area is 152 Å². The molecule has 130 valence electrons. The monoisotopic (exact) mass is 414 g/mol. The minimum atomic E-state index is -0.487. The molecule has 1 atom stereocenters. The van der Waals surface area contributed by atoms with Gasteiger partial charge in [-0.2, -0.15) is 0 Å². The number of ether oxygens (including phenoxy) is 2. The third-order valence-corrected chi connectivity index (χ3v) is 5.81. The molecule has 2 heterocycles. The van der Waals surface area contributed by atoms with E-state index in [9.17, 15) is 9.59 Å². The third kappa shape index (κ3) is 3.50. The maximum atomic E-state index is 12.6. The number of nitrogens with one attached hydrogen (secondary N) is 1. The molecule has 8 heteroatoms. The molecule has 1 saturated carbocycles. The molecule has 1 aromatic rings. The summed E-state index contributed by atoms with van der Waals surface area (Å²) in [4.78, 5) is 27.7. The molecule has 0 spiro atoms. The largest absolute Gasteiger partial charge is 0.460 e. The number of thiophene rings is 1. The number of halogens is 1. The predicted molar refractivity (Wildman–Crippen MR) is 93.7 cm³/mol. The van der Waals surface area contributed by atoms with Crippen LogP contribution in [0.2, 0.25) is 0 Å². The number of methoxy groups -OCH3 is 1. The molecular weight excluding hydrogens is 396 g/mol. The van der Waals surface area contributed by atoms with Crippen molar-refractivity contribution in [1.29, 1.82) is 0 Å². The van der Waals surface area contributed by atoms with Gasteiger partial charge in [-0.25, -0.2) is 9.59 Å². The van der Waals surface area contributed by atoms with Gasteiger partial charge in [-0.15, -0.1) is 11.3 Å². The summed E-state index contributed by atoms with van der Waals surface area (Å²) in [6, 6.07) is 1.46. The molecule has 1 fully saturated rings. The van der Waals surface area contributed by atoms with Crippen molar-refractivity contribution in [2.45, 2.75) is 31.8 Å². The van der Waals surface area contributed by atoms with Crippen molar-refractivity contribution in [2.24, 2.45) is 0 Å². The Bertz CT molecular complexity index is 683. The van der Waals surface area contributed by atoms with Gasteiger partial charge in [0, 0.05) is 33.6 Å². The highest BCUT2D eigenvalue weighted by atomic mass is 79.9. The topological polar surface area (TPSA) is 67.9 Å². The van der Waals surface area contributed by atoms with E-state index in [-0.39, 0.29) is 18.7 Å². The van der Waals surface area contributed by atoms with Gasteiger partial charge >= 0.3 is 12.0 Å². The average Bonchev–Trinajstić information content (AvgIpc) is 3.27. The summed E-state index contributed by atoms with van der Waals surface area (Å²) in [6.45, 7) is 2.34. The molecule has 1 aliphatic heterocycles. The first kappa shape index (κ1) is 17.4. The summed E-state index contributed by atoms with van der Waals surface area (Å²) >= 11 is 4.91. The molecule has 1 N–H and O–H groups in total. The van der Waals surface area contributed by atoms with E-state index in [4.69, 9.17) is 9.47 Å². The van der Waals surface area contributed by atoms with Gasteiger partial charge < -0.3 is 14.8 Å². The zero-order valence-electron chi connectivity index (χ0n) is 13.5. The third-order valence-electron chi connectivity index (χ3n) is 4.05. The van der Waals surface area contributed by atoms with Crippen molar-refractivity contribution in [2.75, 3.05) is 20.3 Å². The maximum absolute atomic E-state index is 12.6. The summed E-state index contributed by atoms with van der Waals surface area (Å²) < 4.78 is 11.2. The number of rotatable bonds is 6. The number of nitrogens with zero attached hydrogens (tertiary/aromatic N) is 1. The molecule has 0 bridgehead atoms. The first-order valence-corrected chi connectivity index (χ1v) is 9.40. The highest BCUT2D eigenvalue weighted by molar-refractivity contribution is 9.10. The van der Waals surface area contributed by atoms with Crippen LogP contribution in [-0.4, -0.2) is 43.3 Å². The van der Waals surface area contributed by atoms with Crippen LogP contribution in [0.5, 0.6) is 0 Å². The van der Waals surface area contributed by atoms with Gasteiger partial charge in [-0.05, 0) is 41.8 Å². The second-order valence-electron chi connectivity index (χ2n) is 5.78. The van der Waals surface area contributed by atoms with Crippen LogP contribution in [0.3, 0.4) is 0 Å². The normalized spacial score (nSPS) is 21.0. The Morgan fingerprint density at radius 2 is 2.21 bits per heavy atom. The molecule has 0 aromatic carbocycles. The van der Waals surface area contributed by atoms with Crippen molar-refractivity contribution < 1.29 is 19.1 Å². The number of carbonyl (C=O) groups excluding carboxylic acids is 2. The first-order valence-electron chi connectivity index (χ1n) is 7.73. The van der Waals surface area contributed by atoms with E-state index in [1.54, 1.807) is 12.0 Å². The van der Waals surface area contributed by atoms with Crippen molar-refractivity contribution >= 4 is 39.3 Å². The Hall–Kier alpha value is -1.38. The molecular formula is C16H19BrN2O4S. The number of esters is 1. The molecule has 3 rings (SSSR count). The number of hydrogen-bond donors (Lipinski definition) is 1. The fourth-order valence-corrected chi connectivity index (χ4v) is 4.29. The highest BCUT2D eigenvalue weighted by Crippen LogP contribution is 2.39. The lowest BCUT2D eigenvalue weighted by molar-refractivity contribution is -0.140. The lowest BCUT2D eigenvalue weighted by atomic mass is 10.0. The summed E-state index contributed by atoms with van der Waals surface area (Å²) in [5.74, 6) is -0.412. The van der Waals surface area contributed by atoms with Crippen LogP contribution in [0.1, 0.15) is 30.7 Å². The van der Waals surface area contributed by atoms with Crippen molar-refractivity contribution in [1.82, 2.24) is 10.2 Å². The van der Waals surface area contributed by atoms with Gasteiger partial charge in [0.05, 0.1) is 18.2 Å². The van der Waals surface area contributed by atoms with Gasteiger partial charge in [-0.3, -0.25) is 4.90 Å². The zero-order valence-corrected chi connectivity index (χ0v) is 15.9. The fraction of sp³-hybridized carbons (Fsp3) is 0.500. The molecule has 2 amide bonds. The van der Waals surface area contributed by atoms with E-state index in [1.165, 1.54) is 11.3 Å². The Morgan fingerprint density at radius 1 is 1.46 bits per heavy atom. The standard InChI is InChI=1S/C16H19BrN2O4S/c1-9-13(15(20)23-6-5-22-2)14(12-7-10(17)8-24-12)18-16(21)19(9)11-3-4-11/h7-8,11,14H,3-6H2,1-2H3,(H,18,21)/t14-/m1/s1. The van der Waals surface area contributed by atoms with E-state index in [2.05, 4.69) is 21.2 Å². The van der Waals surface area contributed by atoms with Gasteiger partial charge in [0.25, 0.3) is 0 Å². The molecule has 6 nitrogen and oxygen atoms in total. The van der Waals surface area contributed by atoms with Crippen molar-refractivity contribution in [3.63, 3.8) is 0 Å². The first-order chi connectivity index (χ1) is 11.5. The second-order valence-corrected chi connectivity index (χ2v) is 7.64. The van der Waals surface area contributed by atoms with Gasteiger partial charge in [-0.1, -0.05) is 0 Å². The van der Waals surface area contributed by atoms with E-state index < -0.39 is 12.0 Å². The van der Waals surface area contributed by atoms with Crippen LogP contribution in [0.4, 0.5) is 4.79 Å². The van der Waals surface area contributed by atoms with E-state index >= 15 is 0 Å². The molecule has 0 unspecified atom stereocenters. The average molecular weight is 415 g/mol. The van der Waals surface area contributed by atoms with Gasteiger partial charge in [0.2, 0.25) is 0 Å². The highest BCUT2D eigenvalue weighted by Gasteiger charge is 2.42. The minimum Gasteiger partial charge on any atom is -0.460 e. The second kappa shape index (κ2) is 7.25. The number of allylic oxidation sites excluding steroid dienone is 1. The van der Waals surface area contributed by atoms with E-state index in [0.717, 1.165) is 22.2 Å². The molecule has 24 heavy (non-hydrogen) atoms. The van der Waals surface area contributed by atoms with Crippen LogP contribution in [0.25, 0.3) is 0 Å². The van der Waals surface area contributed by atoms with E-state index in [1.807, 2.05) is 18.4 Å². The molecule has 2 aliphatic rings. The SMILES string of the molecule is COCCOC(=O)C1=C(C)N(C2CC2)C(=O)N[C@@H]1c1cc(Br)cs1. The van der Waals surface area contributed by atoms with E-state index in [0.29, 0.717) is 17.9 Å². The molecule has 0 saturated heterocycles. The number of amides is 2. The molecule has 0 radical (unpaired) electrons. The Kier molecular flexibility index (Phi) is 5.27. The van der Waals surface area contributed by atoms with Crippen molar-refractivity contribution in [3.05, 3.63) is 32.1 Å². The molecule has 1 aliphatic carbocycles. The Morgan fingerprint density at radius 3 is 2.79 bits per heavy atom. The summed E-state index contributed by atoms with van der Waals surface area (Å²) in [7, 11) is 1.56. The van der Waals surface area contributed by atoms with Gasteiger partial charge in [0.15, 0.2) is 0 Å². The lowest BCUT2D eigenvalue weighted by Gasteiger charge is -2.35. The smallest absolute Gasteiger partial charge is 0.338 e. The predicted octanol–water partition coefficient (Wildman–Crippen LogP) is 3.20. The van der Waals surface area contributed by atoms with Gasteiger partial charge in [0.1, 0.15) is 6.61 Å². The quantitative estimate of drug-likeness (QED) is 0.573. The number of hydrogen-bond acceptors (Lipinski definition) is 5. The zero-order chi connectivity index (χ0) is 17.3. The van der Waals surface area contributed by atoms with Crippen LogP contribution in [0, 0.1) is 0 Å². The van der Waals surface area contributed by atoms with Crippen LogP contribution in [-0.2, 0) is 14.3 Å². The maximum Gasteiger partial charge on any atom is 0.338 e. The summed E-state index contributed by atoms with van der Waals surface area (Å²) in [5.41, 5.74) is 1.17. The fourth-order valence-electron chi connectivity index (χ4n) is 2.78. The number of urea groups is 1. The molecule has 1 aromatic heterocycles. The van der Waals surface area contributed by atoms with Crippen LogP contribution < -0.4 is 5.32 Å². The van der Waals surface area contributed by atoms with Crippen LogP contribution >= 0.6 is 27.3 Å². The Balaban J connectivity index is 1.94. The lowest BCUT2D eigenvalue weighted by Crippen LogP contribution is -2.48. The van der Waals surface area contributed by atoms with Crippen molar-refractivity contribution in [3.8, 4) is 0 Å². The number of carbonyl (C=O) groups is 2.